The van der Waals surface area contributed by atoms with Crippen molar-refractivity contribution in [3.8, 4) is 16.5 Å². The highest BCUT2D eigenvalue weighted by molar-refractivity contribution is 7.99. The minimum absolute atomic E-state index is 0.725. The van der Waals surface area contributed by atoms with E-state index >= 15 is 0 Å². The SMILES string of the molecule is COc1nc(C)nc2c1CCSc1c-2sc2ccccc12. The fourth-order valence-corrected chi connectivity index (χ4v) is 5.28. The maximum absolute atomic E-state index is 5.48. The summed E-state index contributed by atoms with van der Waals surface area (Å²) in [6, 6.07) is 8.58. The van der Waals surface area contributed by atoms with Gasteiger partial charge in [-0.3, -0.25) is 0 Å². The van der Waals surface area contributed by atoms with Crippen molar-refractivity contribution >= 4 is 33.2 Å². The van der Waals surface area contributed by atoms with Gasteiger partial charge in [-0.1, -0.05) is 18.2 Å². The minimum atomic E-state index is 0.725. The number of ether oxygens (including phenoxy) is 1. The van der Waals surface area contributed by atoms with Crippen LogP contribution in [0.5, 0.6) is 5.88 Å². The van der Waals surface area contributed by atoms with E-state index in [9.17, 15) is 0 Å². The van der Waals surface area contributed by atoms with Crippen LogP contribution in [0.2, 0.25) is 0 Å². The van der Waals surface area contributed by atoms with E-state index in [0.717, 1.165) is 35.1 Å². The quantitative estimate of drug-likeness (QED) is 0.670. The Hall–Kier alpha value is -1.59. The molecule has 1 aliphatic heterocycles. The van der Waals surface area contributed by atoms with Crippen molar-refractivity contribution in [2.24, 2.45) is 0 Å². The largest absolute Gasteiger partial charge is 0.481 e. The molecular weight excluding hydrogens is 300 g/mol. The standard InChI is InChI=1S/C16H14N2OS2/c1-9-17-13-11(16(18-9)19-2)7-8-20-14-10-5-3-4-6-12(10)21-15(13)14/h3-6H,7-8H2,1-2H3. The first kappa shape index (κ1) is 13.1. The van der Waals surface area contributed by atoms with E-state index in [-0.39, 0.29) is 0 Å². The van der Waals surface area contributed by atoms with Crippen molar-refractivity contribution in [3.63, 3.8) is 0 Å². The Morgan fingerprint density at radius 2 is 2.05 bits per heavy atom. The third-order valence-corrected chi connectivity index (χ3v) is 6.07. The molecule has 0 saturated heterocycles. The monoisotopic (exact) mass is 314 g/mol. The smallest absolute Gasteiger partial charge is 0.220 e. The first-order valence-corrected chi connectivity index (χ1v) is 8.64. The van der Waals surface area contributed by atoms with Gasteiger partial charge in [-0.05, 0) is 19.4 Å². The summed E-state index contributed by atoms with van der Waals surface area (Å²) in [4.78, 5) is 11.8. The second kappa shape index (κ2) is 5.00. The van der Waals surface area contributed by atoms with E-state index in [1.807, 2.05) is 30.0 Å². The summed E-state index contributed by atoms with van der Waals surface area (Å²) >= 11 is 3.73. The summed E-state index contributed by atoms with van der Waals surface area (Å²) in [5.41, 5.74) is 2.20. The molecule has 5 heteroatoms. The minimum Gasteiger partial charge on any atom is -0.481 e. The van der Waals surface area contributed by atoms with Crippen LogP contribution in [0.25, 0.3) is 20.7 Å². The van der Waals surface area contributed by atoms with E-state index in [2.05, 4.69) is 29.2 Å². The molecule has 0 bridgehead atoms. The highest BCUT2D eigenvalue weighted by atomic mass is 32.2. The number of methoxy groups -OCH3 is 1. The first-order chi connectivity index (χ1) is 10.3. The maximum Gasteiger partial charge on any atom is 0.220 e. The Kier molecular flexibility index (Phi) is 3.12. The molecule has 106 valence electrons. The van der Waals surface area contributed by atoms with Crippen LogP contribution in [0.3, 0.4) is 0 Å². The van der Waals surface area contributed by atoms with Crippen LogP contribution in [0.1, 0.15) is 11.4 Å². The fraction of sp³-hybridized carbons (Fsp3) is 0.250. The molecule has 3 aromatic rings. The number of thiophene rings is 1. The summed E-state index contributed by atoms with van der Waals surface area (Å²) in [7, 11) is 1.69. The number of hydrogen-bond acceptors (Lipinski definition) is 5. The average Bonchev–Trinajstić information content (AvgIpc) is 2.77. The molecule has 0 N–H and O–H groups in total. The highest BCUT2D eigenvalue weighted by Crippen LogP contribution is 2.47. The lowest BCUT2D eigenvalue weighted by Crippen LogP contribution is -2.02. The Labute approximate surface area is 131 Å². The van der Waals surface area contributed by atoms with E-state index in [1.54, 1.807) is 7.11 Å². The second-order valence-corrected chi connectivity index (χ2v) is 7.12. The predicted octanol–water partition coefficient (Wildman–Crippen LogP) is 4.32. The van der Waals surface area contributed by atoms with Gasteiger partial charge in [0.2, 0.25) is 5.88 Å². The molecule has 4 rings (SSSR count). The molecule has 1 aromatic carbocycles. The molecule has 3 nitrogen and oxygen atoms in total. The molecule has 3 heterocycles. The van der Waals surface area contributed by atoms with Gasteiger partial charge < -0.3 is 4.74 Å². The number of aryl methyl sites for hydroxylation is 1. The van der Waals surface area contributed by atoms with Crippen molar-refractivity contribution in [2.75, 3.05) is 12.9 Å². The molecule has 21 heavy (non-hydrogen) atoms. The van der Waals surface area contributed by atoms with Gasteiger partial charge in [-0.15, -0.1) is 23.1 Å². The Bertz CT molecular complexity index is 842. The van der Waals surface area contributed by atoms with Gasteiger partial charge in [0, 0.05) is 26.3 Å². The van der Waals surface area contributed by atoms with Gasteiger partial charge in [0.05, 0.1) is 17.7 Å². The van der Waals surface area contributed by atoms with Crippen molar-refractivity contribution < 1.29 is 4.74 Å². The van der Waals surface area contributed by atoms with E-state index in [1.165, 1.54) is 19.9 Å². The molecular formula is C16H14N2OS2. The second-order valence-electron chi connectivity index (χ2n) is 4.96. The molecule has 0 spiro atoms. The molecule has 0 saturated carbocycles. The summed E-state index contributed by atoms with van der Waals surface area (Å²) in [6.45, 7) is 1.92. The summed E-state index contributed by atoms with van der Waals surface area (Å²) in [5.74, 6) is 2.52. The topological polar surface area (TPSA) is 35.0 Å². The predicted molar refractivity (Wildman–Crippen MR) is 88.6 cm³/mol. The molecule has 0 unspecified atom stereocenters. The molecule has 0 atom stereocenters. The molecule has 0 amide bonds. The van der Waals surface area contributed by atoms with Crippen LogP contribution in [0, 0.1) is 6.92 Å². The Morgan fingerprint density at radius 3 is 2.90 bits per heavy atom. The van der Waals surface area contributed by atoms with Gasteiger partial charge in [0.25, 0.3) is 0 Å². The fourth-order valence-electron chi connectivity index (χ4n) is 2.73. The molecule has 2 aromatic heterocycles. The van der Waals surface area contributed by atoms with E-state index in [0.29, 0.717) is 0 Å². The van der Waals surface area contributed by atoms with Gasteiger partial charge in [-0.25, -0.2) is 4.98 Å². The maximum atomic E-state index is 5.48. The zero-order chi connectivity index (χ0) is 14.4. The van der Waals surface area contributed by atoms with Crippen LogP contribution >= 0.6 is 23.1 Å². The van der Waals surface area contributed by atoms with Crippen LogP contribution in [0.15, 0.2) is 29.2 Å². The van der Waals surface area contributed by atoms with Crippen LogP contribution in [0.4, 0.5) is 0 Å². The lowest BCUT2D eigenvalue weighted by molar-refractivity contribution is 0.391. The van der Waals surface area contributed by atoms with Crippen molar-refractivity contribution in [1.29, 1.82) is 0 Å². The number of fused-ring (bicyclic) bond motifs is 5. The van der Waals surface area contributed by atoms with Gasteiger partial charge in [0.1, 0.15) is 5.82 Å². The van der Waals surface area contributed by atoms with E-state index < -0.39 is 0 Å². The number of aromatic nitrogens is 2. The zero-order valence-electron chi connectivity index (χ0n) is 11.8. The van der Waals surface area contributed by atoms with Crippen molar-refractivity contribution in [1.82, 2.24) is 9.97 Å². The Balaban J connectivity index is 2.07. The summed E-state index contributed by atoms with van der Waals surface area (Å²) < 4.78 is 6.80. The third-order valence-electron chi connectivity index (χ3n) is 3.64. The lowest BCUT2D eigenvalue weighted by Gasteiger charge is -2.10. The zero-order valence-corrected chi connectivity index (χ0v) is 13.5. The average molecular weight is 314 g/mol. The van der Waals surface area contributed by atoms with Gasteiger partial charge in [0.15, 0.2) is 0 Å². The first-order valence-electron chi connectivity index (χ1n) is 6.84. The molecule has 0 radical (unpaired) electrons. The van der Waals surface area contributed by atoms with Gasteiger partial charge >= 0.3 is 0 Å². The number of rotatable bonds is 1. The van der Waals surface area contributed by atoms with Crippen LogP contribution in [-0.4, -0.2) is 22.8 Å². The van der Waals surface area contributed by atoms with E-state index in [4.69, 9.17) is 9.72 Å². The van der Waals surface area contributed by atoms with Crippen LogP contribution in [-0.2, 0) is 6.42 Å². The van der Waals surface area contributed by atoms with Crippen LogP contribution < -0.4 is 4.74 Å². The van der Waals surface area contributed by atoms with Crippen molar-refractivity contribution in [3.05, 3.63) is 35.7 Å². The number of benzene rings is 1. The Morgan fingerprint density at radius 1 is 1.19 bits per heavy atom. The summed E-state index contributed by atoms with van der Waals surface area (Å²) in [6.07, 6.45) is 0.944. The summed E-state index contributed by atoms with van der Waals surface area (Å²) in [5, 5.41) is 1.34. The molecule has 0 aliphatic carbocycles. The normalized spacial score (nSPS) is 13.6. The molecule has 1 aliphatic rings. The number of nitrogens with zero attached hydrogens (tertiary/aromatic N) is 2. The van der Waals surface area contributed by atoms with Gasteiger partial charge in [-0.2, -0.15) is 4.98 Å². The third kappa shape index (κ3) is 2.03. The van der Waals surface area contributed by atoms with Crippen molar-refractivity contribution in [2.45, 2.75) is 18.2 Å². The highest BCUT2D eigenvalue weighted by Gasteiger charge is 2.24. The molecule has 0 fully saturated rings. The number of thioether (sulfide) groups is 1. The number of hydrogen-bond donors (Lipinski definition) is 0. The lowest BCUT2D eigenvalue weighted by atomic mass is 10.1.